The van der Waals surface area contributed by atoms with Crippen LogP contribution in [0.2, 0.25) is 0 Å². The first-order chi connectivity index (χ1) is 8.31. The van der Waals surface area contributed by atoms with Crippen LogP contribution in [0.4, 0.5) is 11.4 Å². The average molecular weight is 227 g/mol. The zero-order valence-electron chi connectivity index (χ0n) is 9.51. The molecule has 0 bridgehead atoms. The second-order valence-corrected chi connectivity index (χ2v) is 3.60. The van der Waals surface area contributed by atoms with Crippen LogP contribution in [-0.2, 0) is 0 Å². The van der Waals surface area contributed by atoms with E-state index in [-0.39, 0.29) is 0 Å². The summed E-state index contributed by atoms with van der Waals surface area (Å²) < 4.78 is 5.14. The number of carbonyl (C=O) groups is 1. The van der Waals surface area contributed by atoms with E-state index in [1.165, 1.54) is 0 Å². The molecule has 2 aromatic carbocycles. The van der Waals surface area contributed by atoms with Gasteiger partial charge in [-0.1, -0.05) is 6.07 Å². The van der Waals surface area contributed by atoms with Gasteiger partial charge in [0, 0.05) is 23.0 Å². The highest BCUT2D eigenvalue weighted by Crippen LogP contribution is 2.21. The summed E-state index contributed by atoms with van der Waals surface area (Å²) in [6.45, 7) is 0. The van der Waals surface area contributed by atoms with Gasteiger partial charge in [0.25, 0.3) is 0 Å². The summed E-state index contributed by atoms with van der Waals surface area (Å²) in [7, 11) is 1.64. The largest absolute Gasteiger partial charge is 0.497 e. The molecule has 0 amide bonds. The second-order valence-electron chi connectivity index (χ2n) is 3.60. The number of aldehydes is 1. The van der Waals surface area contributed by atoms with Crippen LogP contribution in [0.3, 0.4) is 0 Å². The number of methoxy groups -OCH3 is 1. The highest BCUT2D eigenvalue weighted by atomic mass is 16.5. The lowest BCUT2D eigenvalue weighted by molar-refractivity contribution is 0.112. The number of ether oxygens (including phenoxy) is 1. The van der Waals surface area contributed by atoms with Crippen molar-refractivity contribution < 1.29 is 9.53 Å². The van der Waals surface area contributed by atoms with Crippen molar-refractivity contribution in [2.45, 2.75) is 0 Å². The number of carbonyl (C=O) groups excluding carboxylic acids is 1. The molecule has 0 aliphatic heterocycles. The Hall–Kier alpha value is -2.29. The number of benzene rings is 2. The molecule has 0 heterocycles. The van der Waals surface area contributed by atoms with E-state index in [2.05, 4.69) is 5.32 Å². The van der Waals surface area contributed by atoms with Gasteiger partial charge in [0.2, 0.25) is 0 Å². The first-order valence-electron chi connectivity index (χ1n) is 5.28. The van der Waals surface area contributed by atoms with Gasteiger partial charge in [0.05, 0.1) is 7.11 Å². The lowest BCUT2D eigenvalue weighted by Crippen LogP contribution is -1.91. The molecular formula is C14H13NO2. The molecule has 0 fully saturated rings. The van der Waals surface area contributed by atoms with Crippen molar-refractivity contribution in [1.29, 1.82) is 0 Å². The summed E-state index contributed by atoms with van der Waals surface area (Å²) in [6.07, 6.45) is 0.829. The SMILES string of the molecule is COc1cccc(Nc2ccc(C=O)cc2)c1. The maximum atomic E-state index is 10.5. The predicted molar refractivity (Wildman–Crippen MR) is 68.1 cm³/mol. The van der Waals surface area contributed by atoms with E-state index in [1.54, 1.807) is 19.2 Å². The van der Waals surface area contributed by atoms with Crippen LogP contribution < -0.4 is 10.1 Å². The van der Waals surface area contributed by atoms with Crippen molar-refractivity contribution in [1.82, 2.24) is 0 Å². The smallest absolute Gasteiger partial charge is 0.150 e. The van der Waals surface area contributed by atoms with Crippen LogP contribution in [0.5, 0.6) is 5.75 Å². The third-order valence-corrected chi connectivity index (χ3v) is 2.41. The molecule has 86 valence electrons. The van der Waals surface area contributed by atoms with Crippen molar-refractivity contribution in [2.75, 3.05) is 12.4 Å². The van der Waals surface area contributed by atoms with Gasteiger partial charge in [-0.2, -0.15) is 0 Å². The zero-order valence-corrected chi connectivity index (χ0v) is 9.51. The van der Waals surface area contributed by atoms with Gasteiger partial charge in [0.15, 0.2) is 0 Å². The Morgan fingerprint density at radius 1 is 1.06 bits per heavy atom. The third kappa shape index (κ3) is 2.84. The molecule has 17 heavy (non-hydrogen) atoms. The molecule has 2 rings (SSSR count). The highest BCUT2D eigenvalue weighted by Gasteiger charge is 1.97. The fourth-order valence-electron chi connectivity index (χ4n) is 1.51. The van der Waals surface area contributed by atoms with E-state index in [0.29, 0.717) is 5.56 Å². The Balaban J connectivity index is 2.15. The molecule has 0 saturated carbocycles. The number of nitrogens with one attached hydrogen (secondary N) is 1. The first-order valence-corrected chi connectivity index (χ1v) is 5.28. The van der Waals surface area contributed by atoms with Crippen LogP contribution in [0.15, 0.2) is 48.5 Å². The van der Waals surface area contributed by atoms with Crippen LogP contribution >= 0.6 is 0 Å². The Morgan fingerprint density at radius 2 is 1.82 bits per heavy atom. The molecule has 0 saturated heterocycles. The van der Waals surface area contributed by atoms with Crippen molar-refractivity contribution in [2.24, 2.45) is 0 Å². The molecule has 0 spiro atoms. The lowest BCUT2D eigenvalue weighted by atomic mass is 10.2. The fourth-order valence-corrected chi connectivity index (χ4v) is 1.51. The van der Waals surface area contributed by atoms with Crippen molar-refractivity contribution in [3.63, 3.8) is 0 Å². The van der Waals surface area contributed by atoms with Gasteiger partial charge < -0.3 is 10.1 Å². The van der Waals surface area contributed by atoms with Crippen LogP contribution in [-0.4, -0.2) is 13.4 Å². The zero-order chi connectivity index (χ0) is 12.1. The number of hydrogen-bond donors (Lipinski definition) is 1. The molecular weight excluding hydrogens is 214 g/mol. The number of anilines is 2. The Kier molecular flexibility index (Phi) is 3.40. The second kappa shape index (κ2) is 5.16. The monoisotopic (exact) mass is 227 g/mol. The molecule has 0 aliphatic rings. The molecule has 0 aliphatic carbocycles. The molecule has 0 unspecified atom stereocenters. The molecule has 3 nitrogen and oxygen atoms in total. The summed E-state index contributed by atoms with van der Waals surface area (Å²) in [4.78, 5) is 10.5. The minimum absolute atomic E-state index is 0.668. The summed E-state index contributed by atoms with van der Waals surface area (Å²) in [6, 6.07) is 14.9. The van der Waals surface area contributed by atoms with Crippen LogP contribution in [0.1, 0.15) is 10.4 Å². The van der Waals surface area contributed by atoms with E-state index >= 15 is 0 Å². The predicted octanol–water partition coefficient (Wildman–Crippen LogP) is 3.25. The average Bonchev–Trinajstić information content (AvgIpc) is 2.40. The minimum Gasteiger partial charge on any atom is -0.497 e. The summed E-state index contributed by atoms with van der Waals surface area (Å²) >= 11 is 0. The first kappa shape index (κ1) is 11.2. The molecule has 0 aromatic heterocycles. The Morgan fingerprint density at radius 3 is 2.47 bits per heavy atom. The third-order valence-electron chi connectivity index (χ3n) is 2.41. The molecule has 0 atom stereocenters. The minimum atomic E-state index is 0.668. The quantitative estimate of drug-likeness (QED) is 0.815. The maximum Gasteiger partial charge on any atom is 0.150 e. The van der Waals surface area contributed by atoms with Gasteiger partial charge >= 0.3 is 0 Å². The number of rotatable bonds is 4. The standard InChI is InChI=1S/C14H13NO2/c1-17-14-4-2-3-13(9-14)15-12-7-5-11(10-16)6-8-12/h2-10,15H,1H3. The van der Waals surface area contributed by atoms with Crippen LogP contribution in [0.25, 0.3) is 0 Å². The van der Waals surface area contributed by atoms with Crippen LogP contribution in [0, 0.1) is 0 Å². The van der Waals surface area contributed by atoms with Crippen molar-refractivity contribution >= 4 is 17.7 Å². The van der Waals surface area contributed by atoms with Crippen molar-refractivity contribution in [3.05, 3.63) is 54.1 Å². The summed E-state index contributed by atoms with van der Waals surface area (Å²) in [5.41, 5.74) is 2.55. The van der Waals surface area contributed by atoms with Gasteiger partial charge in [-0.3, -0.25) is 4.79 Å². The highest BCUT2D eigenvalue weighted by molar-refractivity contribution is 5.76. The fraction of sp³-hybridized carbons (Fsp3) is 0.0714. The van der Waals surface area contributed by atoms with Gasteiger partial charge in [-0.25, -0.2) is 0 Å². The Bertz CT molecular complexity index is 506. The lowest BCUT2D eigenvalue weighted by Gasteiger charge is -2.07. The summed E-state index contributed by atoms with van der Waals surface area (Å²) in [5, 5.41) is 3.23. The van der Waals surface area contributed by atoms with E-state index in [9.17, 15) is 4.79 Å². The topological polar surface area (TPSA) is 38.3 Å². The van der Waals surface area contributed by atoms with E-state index < -0.39 is 0 Å². The van der Waals surface area contributed by atoms with E-state index in [1.807, 2.05) is 36.4 Å². The van der Waals surface area contributed by atoms with E-state index in [4.69, 9.17) is 4.74 Å². The maximum absolute atomic E-state index is 10.5. The normalized spacial score (nSPS) is 9.71. The van der Waals surface area contributed by atoms with Gasteiger partial charge in [-0.05, 0) is 36.4 Å². The molecule has 0 radical (unpaired) electrons. The van der Waals surface area contributed by atoms with E-state index in [0.717, 1.165) is 23.4 Å². The molecule has 2 aromatic rings. The van der Waals surface area contributed by atoms with Gasteiger partial charge in [0.1, 0.15) is 12.0 Å². The molecule has 1 N–H and O–H groups in total. The number of hydrogen-bond acceptors (Lipinski definition) is 3. The summed E-state index contributed by atoms with van der Waals surface area (Å²) in [5.74, 6) is 0.805. The Labute approximate surface area is 100 Å². The molecule has 3 heteroatoms. The van der Waals surface area contributed by atoms with Crippen molar-refractivity contribution in [3.8, 4) is 5.75 Å². The van der Waals surface area contributed by atoms with Gasteiger partial charge in [-0.15, -0.1) is 0 Å².